The number of benzene rings is 1. The van der Waals surface area contributed by atoms with Gasteiger partial charge in [-0.15, -0.1) is 11.3 Å². The van der Waals surface area contributed by atoms with Crippen molar-refractivity contribution in [3.05, 3.63) is 64.8 Å². The molecule has 2 heterocycles. The summed E-state index contributed by atoms with van der Waals surface area (Å²) in [6, 6.07) is 11.3. The molecule has 3 aromatic rings. The molecule has 116 valence electrons. The fourth-order valence-electron chi connectivity index (χ4n) is 2.07. The maximum absolute atomic E-state index is 12.0. The van der Waals surface area contributed by atoms with Crippen LogP contribution in [-0.2, 0) is 11.2 Å². The summed E-state index contributed by atoms with van der Waals surface area (Å²) >= 11 is 7.29. The van der Waals surface area contributed by atoms with Gasteiger partial charge in [-0.05, 0) is 30.2 Å². The van der Waals surface area contributed by atoms with Gasteiger partial charge in [0.25, 0.3) is 0 Å². The number of halogens is 1. The molecule has 1 aromatic carbocycles. The second-order valence-electron chi connectivity index (χ2n) is 4.95. The average Bonchev–Trinajstić information content (AvgIpc) is 3.03. The van der Waals surface area contributed by atoms with Crippen molar-refractivity contribution in [2.75, 3.05) is 5.32 Å². The summed E-state index contributed by atoms with van der Waals surface area (Å²) in [5.41, 5.74) is 2.85. The third-order valence-electron chi connectivity index (χ3n) is 3.25. The van der Waals surface area contributed by atoms with E-state index < -0.39 is 0 Å². The largest absolute Gasteiger partial charge is 0.302 e. The SMILES string of the molecule is O=C(CCc1cccnc1)Nc1nc(-c2ccc(Cl)cc2)cs1. The van der Waals surface area contributed by atoms with E-state index in [0.29, 0.717) is 23.0 Å². The molecule has 1 N–H and O–H groups in total. The number of hydrogen-bond donors (Lipinski definition) is 1. The van der Waals surface area contributed by atoms with E-state index in [1.807, 2.05) is 41.8 Å². The second kappa shape index (κ2) is 7.35. The molecule has 0 radical (unpaired) electrons. The van der Waals surface area contributed by atoms with Crippen molar-refractivity contribution >= 4 is 34.0 Å². The quantitative estimate of drug-likeness (QED) is 0.745. The molecule has 0 aliphatic rings. The van der Waals surface area contributed by atoms with Crippen LogP contribution in [0.2, 0.25) is 5.02 Å². The number of thiazole rings is 1. The molecular weight excluding hydrogens is 330 g/mol. The molecule has 6 heteroatoms. The van der Waals surface area contributed by atoms with Gasteiger partial charge in [0.2, 0.25) is 5.91 Å². The second-order valence-corrected chi connectivity index (χ2v) is 6.25. The maximum atomic E-state index is 12.0. The molecule has 3 rings (SSSR count). The third-order valence-corrected chi connectivity index (χ3v) is 4.26. The minimum atomic E-state index is -0.0501. The summed E-state index contributed by atoms with van der Waals surface area (Å²) in [5.74, 6) is -0.0501. The first-order valence-corrected chi connectivity index (χ1v) is 8.37. The maximum Gasteiger partial charge on any atom is 0.226 e. The number of rotatable bonds is 5. The first kappa shape index (κ1) is 15.6. The molecule has 0 spiro atoms. The Morgan fingerprint density at radius 1 is 1.22 bits per heavy atom. The van der Waals surface area contributed by atoms with Crippen LogP contribution >= 0.6 is 22.9 Å². The summed E-state index contributed by atoms with van der Waals surface area (Å²) in [6.07, 6.45) is 4.56. The standard InChI is InChI=1S/C17H14ClN3OS/c18-14-6-4-13(5-7-14)15-11-23-17(20-15)21-16(22)8-3-12-2-1-9-19-10-12/h1-2,4-7,9-11H,3,8H2,(H,20,21,22). The summed E-state index contributed by atoms with van der Waals surface area (Å²) in [7, 11) is 0. The van der Waals surface area contributed by atoms with Gasteiger partial charge in [-0.25, -0.2) is 4.98 Å². The van der Waals surface area contributed by atoms with Crippen LogP contribution in [0.25, 0.3) is 11.3 Å². The van der Waals surface area contributed by atoms with Gasteiger partial charge in [-0.3, -0.25) is 9.78 Å². The Bertz CT molecular complexity index is 787. The first-order chi connectivity index (χ1) is 11.2. The number of aromatic nitrogens is 2. The zero-order valence-corrected chi connectivity index (χ0v) is 13.8. The van der Waals surface area contributed by atoms with Gasteiger partial charge in [0.05, 0.1) is 5.69 Å². The van der Waals surface area contributed by atoms with E-state index in [0.717, 1.165) is 16.8 Å². The highest BCUT2D eigenvalue weighted by molar-refractivity contribution is 7.14. The van der Waals surface area contributed by atoms with Gasteiger partial charge >= 0.3 is 0 Å². The number of amides is 1. The molecule has 23 heavy (non-hydrogen) atoms. The number of carbonyl (C=O) groups excluding carboxylic acids is 1. The molecule has 0 aliphatic carbocycles. The highest BCUT2D eigenvalue weighted by Gasteiger charge is 2.08. The Kier molecular flexibility index (Phi) is 5.00. The van der Waals surface area contributed by atoms with Crippen molar-refractivity contribution in [1.82, 2.24) is 9.97 Å². The number of hydrogen-bond acceptors (Lipinski definition) is 4. The predicted molar refractivity (Wildman–Crippen MR) is 93.7 cm³/mol. The fraction of sp³-hybridized carbons (Fsp3) is 0.118. The average molecular weight is 344 g/mol. The molecule has 4 nitrogen and oxygen atoms in total. The van der Waals surface area contributed by atoms with Crippen LogP contribution < -0.4 is 5.32 Å². The van der Waals surface area contributed by atoms with E-state index in [4.69, 9.17) is 11.6 Å². The Balaban J connectivity index is 1.58. The molecular formula is C17H14ClN3OS. The normalized spacial score (nSPS) is 10.5. The van der Waals surface area contributed by atoms with Crippen LogP contribution in [0.1, 0.15) is 12.0 Å². The Labute approximate surface area is 143 Å². The first-order valence-electron chi connectivity index (χ1n) is 7.11. The number of pyridine rings is 1. The molecule has 0 bridgehead atoms. The lowest BCUT2D eigenvalue weighted by Crippen LogP contribution is -2.12. The van der Waals surface area contributed by atoms with E-state index in [1.54, 1.807) is 12.4 Å². The number of aryl methyl sites for hydroxylation is 1. The Hall–Kier alpha value is -2.24. The minimum absolute atomic E-state index is 0.0501. The molecule has 1 amide bonds. The minimum Gasteiger partial charge on any atom is -0.302 e. The van der Waals surface area contributed by atoms with E-state index in [2.05, 4.69) is 15.3 Å². The monoisotopic (exact) mass is 343 g/mol. The summed E-state index contributed by atoms with van der Waals surface area (Å²) in [6.45, 7) is 0. The lowest BCUT2D eigenvalue weighted by atomic mass is 10.1. The van der Waals surface area contributed by atoms with Crippen LogP contribution in [0.3, 0.4) is 0 Å². The van der Waals surface area contributed by atoms with Crippen molar-refractivity contribution in [2.45, 2.75) is 12.8 Å². The third kappa shape index (κ3) is 4.37. The van der Waals surface area contributed by atoms with Gasteiger partial charge < -0.3 is 5.32 Å². The van der Waals surface area contributed by atoms with Gasteiger partial charge in [-0.1, -0.05) is 29.8 Å². The summed E-state index contributed by atoms with van der Waals surface area (Å²) in [4.78, 5) is 20.5. The number of carbonyl (C=O) groups is 1. The van der Waals surface area contributed by atoms with Crippen molar-refractivity contribution < 1.29 is 4.79 Å². The highest BCUT2D eigenvalue weighted by Crippen LogP contribution is 2.26. The predicted octanol–water partition coefficient (Wildman–Crippen LogP) is 4.43. The van der Waals surface area contributed by atoms with Crippen LogP contribution in [0.15, 0.2) is 54.2 Å². The number of nitrogens with one attached hydrogen (secondary N) is 1. The van der Waals surface area contributed by atoms with Crippen molar-refractivity contribution in [1.29, 1.82) is 0 Å². The lowest BCUT2D eigenvalue weighted by molar-refractivity contribution is -0.116. The number of anilines is 1. The van der Waals surface area contributed by atoms with Crippen LogP contribution in [0.5, 0.6) is 0 Å². The lowest BCUT2D eigenvalue weighted by Gasteiger charge is -2.02. The van der Waals surface area contributed by atoms with E-state index in [1.165, 1.54) is 11.3 Å². The molecule has 0 saturated heterocycles. The topological polar surface area (TPSA) is 54.9 Å². The summed E-state index contributed by atoms with van der Waals surface area (Å²) in [5, 5.41) is 6.04. The van der Waals surface area contributed by atoms with Gasteiger partial charge in [0, 0.05) is 34.8 Å². The van der Waals surface area contributed by atoms with E-state index in [-0.39, 0.29) is 5.91 Å². The zero-order chi connectivity index (χ0) is 16.1. The van der Waals surface area contributed by atoms with Crippen molar-refractivity contribution in [3.8, 4) is 11.3 Å². The van der Waals surface area contributed by atoms with E-state index in [9.17, 15) is 4.79 Å². The Morgan fingerprint density at radius 3 is 2.78 bits per heavy atom. The fourth-order valence-corrected chi connectivity index (χ4v) is 2.93. The van der Waals surface area contributed by atoms with Crippen LogP contribution in [-0.4, -0.2) is 15.9 Å². The molecule has 0 fully saturated rings. The molecule has 0 unspecified atom stereocenters. The van der Waals surface area contributed by atoms with Crippen LogP contribution in [0.4, 0.5) is 5.13 Å². The molecule has 0 atom stereocenters. The molecule has 2 aromatic heterocycles. The van der Waals surface area contributed by atoms with Gasteiger partial charge in [0.1, 0.15) is 0 Å². The molecule has 0 saturated carbocycles. The Morgan fingerprint density at radius 2 is 2.04 bits per heavy atom. The van der Waals surface area contributed by atoms with E-state index >= 15 is 0 Å². The van der Waals surface area contributed by atoms with Crippen molar-refractivity contribution in [3.63, 3.8) is 0 Å². The van der Waals surface area contributed by atoms with Crippen LogP contribution in [0, 0.1) is 0 Å². The zero-order valence-electron chi connectivity index (χ0n) is 12.2. The number of nitrogens with zero attached hydrogens (tertiary/aromatic N) is 2. The highest BCUT2D eigenvalue weighted by atomic mass is 35.5. The van der Waals surface area contributed by atoms with Gasteiger partial charge in [0.15, 0.2) is 5.13 Å². The summed E-state index contributed by atoms with van der Waals surface area (Å²) < 4.78 is 0. The smallest absolute Gasteiger partial charge is 0.226 e. The molecule has 0 aliphatic heterocycles. The van der Waals surface area contributed by atoms with Crippen molar-refractivity contribution in [2.24, 2.45) is 0 Å². The van der Waals surface area contributed by atoms with Gasteiger partial charge in [-0.2, -0.15) is 0 Å².